The van der Waals surface area contributed by atoms with Crippen molar-refractivity contribution in [3.8, 4) is 11.5 Å². The second-order valence-corrected chi connectivity index (χ2v) is 10.3. The highest BCUT2D eigenvalue weighted by molar-refractivity contribution is 14.1. The van der Waals surface area contributed by atoms with Gasteiger partial charge in [0.1, 0.15) is 11.5 Å². The van der Waals surface area contributed by atoms with Crippen LogP contribution in [0.2, 0.25) is 0 Å². The van der Waals surface area contributed by atoms with E-state index in [1.165, 1.54) is 15.3 Å². The zero-order valence-electron chi connectivity index (χ0n) is 17.9. The molecule has 0 aliphatic rings. The summed E-state index contributed by atoms with van der Waals surface area (Å²) in [6, 6.07) is 19.4. The van der Waals surface area contributed by atoms with Crippen molar-refractivity contribution in [2.24, 2.45) is 4.99 Å². The smallest absolute Gasteiger partial charge is 0.234 e. The van der Waals surface area contributed by atoms with Crippen molar-refractivity contribution in [1.29, 1.82) is 0 Å². The lowest BCUT2D eigenvalue weighted by Crippen LogP contribution is -2.14. The number of benzene rings is 3. The van der Waals surface area contributed by atoms with Crippen molar-refractivity contribution >= 4 is 79.4 Å². The van der Waals surface area contributed by atoms with Gasteiger partial charge in [-0.15, -0.1) is 11.3 Å². The topological polar surface area (TPSA) is 72.8 Å². The van der Waals surface area contributed by atoms with E-state index in [-0.39, 0.29) is 11.7 Å². The van der Waals surface area contributed by atoms with Crippen molar-refractivity contribution in [3.63, 3.8) is 0 Å². The molecule has 0 fully saturated rings. The summed E-state index contributed by atoms with van der Waals surface area (Å²) in [6.45, 7) is 0. The van der Waals surface area contributed by atoms with E-state index in [1.807, 2.05) is 36.5 Å². The van der Waals surface area contributed by atoms with Gasteiger partial charge in [-0.05, 0) is 70.6 Å². The van der Waals surface area contributed by atoms with E-state index < -0.39 is 0 Å². The number of ether oxygens (including phenoxy) is 2. The minimum atomic E-state index is -0.145. The molecule has 0 aliphatic carbocycles. The van der Waals surface area contributed by atoms with Crippen molar-refractivity contribution in [2.75, 3.05) is 25.3 Å². The predicted molar refractivity (Wildman–Crippen MR) is 145 cm³/mol. The van der Waals surface area contributed by atoms with Crippen LogP contribution < -0.4 is 14.8 Å². The Morgan fingerprint density at radius 2 is 1.94 bits per heavy atom. The first-order chi connectivity index (χ1) is 16.0. The molecule has 3 aromatic carbocycles. The molecule has 0 saturated heterocycles. The molecule has 1 heterocycles. The third kappa shape index (κ3) is 6.24. The van der Waals surface area contributed by atoms with Crippen molar-refractivity contribution < 1.29 is 14.3 Å². The van der Waals surface area contributed by atoms with Gasteiger partial charge in [0.2, 0.25) is 5.91 Å². The summed E-state index contributed by atoms with van der Waals surface area (Å²) < 4.78 is 13.6. The predicted octanol–water partition coefficient (Wildman–Crippen LogP) is 6.40. The molecule has 0 aliphatic heterocycles. The van der Waals surface area contributed by atoms with E-state index in [1.54, 1.807) is 43.8 Å². The molecule has 4 aromatic rings. The summed E-state index contributed by atoms with van der Waals surface area (Å²) in [5.74, 6) is 1.31. The molecule has 1 N–H and O–H groups in total. The highest BCUT2D eigenvalue weighted by Gasteiger charge is 2.12. The average molecular weight is 589 g/mol. The molecule has 1 amide bonds. The largest absolute Gasteiger partial charge is 0.497 e. The minimum Gasteiger partial charge on any atom is -0.497 e. The number of halogens is 1. The minimum absolute atomic E-state index is 0.145. The van der Waals surface area contributed by atoms with Gasteiger partial charge in [-0.25, -0.2) is 4.98 Å². The summed E-state index contributed by atoms with van der Waals surface area (Å²) in [5, 5.41) is 2.88. The van der Waals surface area contributed by atoms with E-state index in [2.05, 4.69) is 50.0 Å². The molecular weight excluding hydrogens is 569 g/mol. The van der Waals surface area contributed by atoms with Crippen LogP contribution in [0.1, 0.15) is 5.56 Å². The highest BCUT2D eigenvalue weighted by atomic mass is 127. The molecular formula is C24H20IN3O3S2. The maximum Gasteiger partial charge on any atom is 0.234 e. The number of fused-ring (bicyclic) bond motifs is 1. The zero-order chi connectivity index (χ0) is 23.2. The second kappa shape index (κ2) is 11.0. The lowest BCUT2D eigenvalue weighted by Gasteiger charge is -2.11. The summed E-state index contributed by atoms with van der Waals surface area (Å²) in [6.07, 6.45) is 1.85. The van der Waals surface area contributed by atoms with Crippen LogP contribution >= 0.6 is 45.7 Å². The Morgan fingerprint density at radius 1 is 1.12 bits per heavy atom. The molecule has 168 valence electrons. The van der Waals surface area contributed by atoms with Crippen molar-refractivity contribution in [1.82, 2.24) is 4.98 Å². The number of nitrogens with one attached hydrogen (secondary N) is 1. The Labute approximate surface area is 213 Å². The SMILES string of the molecule is COc1ccc(OC)c(NC(=O)CSc2nc3ccc(N=Cc4ccc(I)cc4)cc3s2)c1. The fraction of sp³-hybridized carbons (Fsp3) is 0.125. The number of hydrogen-bond acceptors (Lipinski definition) is 7. The van der Waals surface area contributed by atoms with Gasteiger partial charge in [0.15, 0.2) is 4.34 Å². The number of thioether (sulfide) groups is 1. The number of anilines is 1. The fourth-order valence-electron chi connectivity index (χ4n) is 2.96. The molecule has 1 aromatic heterocycles. The Bertz CT molecular complexity index is 1310. The van der Waals surface area contributed by atoms with Crippen LogP contribution in [-0.2, 0) is 4.79 Å². The van der Waals surface area contributed by atoms with Crippen LogP contribution in [0.4, 0.5) is 11.4 Å². The van der Waals surface area contributed by atoms with Crippen molar-refractivity contribution in [2.45, 2.75) is 4.34 Å². The lowest BCUT2D eigenvalue weighted by molar-refractivity contribution is -0.113. The Morgan fingerprint density at radius 3 is 2.70 bits per heavy atom. The summed E-state index contributed by atoms with van der Waals surface area (Å²) in [4.78, 5) is 21.7. The van der Waals surface area contributed by atoms with Crippen LogP contribution in [0.3, 0.4) is 0 Å². The first kappa shape index (κ1) is 23.5. The number of aromatic nitrogens is 1. The van der Waals surface area contributed by atoms with E-state index in [9.17, 15) is 4.79 Å². The van der Waals surface area contributed by atoms with Gasteiger partial charge in [-0.3, -0.25) is 9.79 Å². The summed E-state index contributed by atoms with van der Waals surface area (Å²) in [5.41, 5.74) is 3.38. The third-order valence-electron chi connectivity index (χ3n) is 4.59. The number of carbonyl (C=O) groups is 1. The van der Waals surface area contributed by atoms with Crippen LogP contribution in [-0.4, -0.2) is 37.1 Å². The highest BCUT2D eigenvalue weighted by Crippen LogP contribution is 2.33. The molecule has 4 rings (SSSR count). The standard InChI is InChI=1S/C24H20IN3O3S2/c1-30-18-8-10-21(31-2)20(12-18)27-23(29)14-32-24-28-19-9-7-17(11-22(19)33-24)26-13-15-3-5-16(25)6-4-15/h3-13H,14H2,1-2H3,(H,27,29). The number of rotatable bonds is 8. The fourth-order valence-corrected chi connectivity index (χ4v) is 5.22. The zero-order valence-corrected chi connectivity index (χ0v) is 21.7. The van der Waals surface area contributed by atoms with Gasteiger partial charge in [0.05, 0.1) is 41.6 Å². The average Bonchev–Trinajstić information content (AvgIpc) is 3.24. The quantitative estimate of drug-likeness (QED) is 0.146. The molecule has 6 nitrogen and oxygen atoms in total. The first-order valence-electron chi connectivity index (χ1n) is 9.89. The van der Waals surface area contributed by atoms with E-state index in [0.717, 1.165) is 25.8 Å². The number of methoxy groups -OCH3 is 2. The maximum absolute atomic E-state index is 12.5. The van der Waals surface area contributed by atoms with Crippen LogP contribution in [0, 0.1) is 3.57 Å². The maximum atomic E-state index is 12.5. The molecule has 0 bridgehead atoms. The first-order valence-corrected chi connectivity index (χ1v) is 12.8. The van der Waals surface area contributed by atoms with Crippen LogP contribution in [0.5, 0.6) is 11.5 Å². The van der Waals surface area contributed by atoms with E-state index >= 15 is 0 Å². The monoisotopic (exact) mass is 589 g/mol. The number of carbonyl (C=O) groups excluding carboxylic acids is 1. The van der Waals surface area contributed by atoms with Gasteiger partial charge >= 0.3 is 0 Å². The molecule has 0 atom stereocenters. The number of nitrogens with zero attached hydrogens (tertiary/aromatic N) is 2. The lowest BCUT2D eigenvalue weighted by atomic mass is 10.2. The Hall–Kier alpha value is -2.63. The van der Waals surface area contributed by atoms with E-state index in [4.69, 9.17) is 9.47 Å². The van der Waals surface area contributed by atoms with E-state index in [0.29, 0.717) is 17.2 Å². The van der Waals surface area contributed by atoms with Crippen LogP contribution in [0.25, 0.3) is 10.2 Å². The normalized spacial score (nSPS) is 11.1. The molecule has 33 heavy (non-hydrogen) atoms. The molecule has 0 unspecified atom stereocenters. The Balaban J connectivity index is 1.40. The molecule has 9 heteroatoms. The second-order valence-electron chi connectivity index (χ2n) is 6.84. The van der Waals surface area contributed by atoms with Gasteiger partial charge < -0.3 is 14.8 Å². The number of thiazole rings is 1. The van der Waals surface area contributed by atoms with Crippen LogP contribution in [0.15, 0.2) is 70.0 Å². The number of hydrogen-bond donors (Lipinski definition) is 1. The van der Waals surface area contributed by atoms with Crippen molar-refractivity contribution in [3.05, 3.63) is 69.8 Å². The number of amides is 1. The third-order valence-corrected chi connectivity index (χ3v) is 7.47. The summed E-state index contributed by atoms with van der Waals surface area (Å²) >= 11 is 5.23. The molecule has 0 saturated carbocycles. The molecule has 0 spiro atoms. The van der Waals surface area contributed by atoms with Gasteiger partial charge in [-0.2, -0.15) is 0 Å². The summed E-state index contributed by atoms with van der Waals surface area (Å²) in [7, 11) is 3.14. The van der Waals surface area contributed by atoms with Gasteiger partial charge in [0, 0.05) is 15.9 Å². The van der Waals surface area contributed by atoms with Gasteiger partial charge in [0.25, 0.3) is 0 Å². The number of aliphatic imine (C=N–C) groups is 1. The van der Waals surface area contributed by atoms with Gasteiger partial charge in [-0.1, -0.05) is 23.9 Å². The molecule has 0 radical (unpaired) electrons. The Kier molecular flexibility index (Phi) is 7.84.